The van der Waals surface area contributed by atoms with Crippen molar-refractivity contribution in [2.75, 3.05) is 10.6 Å². The summed E-state index contributed by atoms with van der Waals surface area (Å²) in [4.78, 5) is 24.4. The van der Waals surface area contributed by atoms with Gasteiger partial charge in [-0.15, -0.1) is 0 Å². The summed E-state index contributed by atoms with van der Waals surface area (Å²) in [5, 5.41) is 12.1. The third-order valence-electron chi connectivity index (χ3n) is 4.21. The molecule has 3 N–H and O–H groups in total. The minimum absolute atomic E-state index is 0.0142. The van der Waals surface area contributed by atoms with E-state index in [1.807, 2.05) is 38.1 Å². The zero-order chi connectivity index (χ0) is 20.8. The second kappa shape index (κ2) is 9.05. The standard InChI is InChI=1S/C22H24N4O3/c1-4-15-8-10-16(11-9-15)19-13-20(29-26-19)25-21(27)17-6-5-7-18(12-17)24-22(28)23-14(2)3/h5-14H,4H2,1-3H3,(H,25,27)(H2,23,24,28). The Bertz CT molecular complexity index is 993. The zero-order valence-electron chi connectivity index (χ0n) is 16.7. The van der Waals surface area contributed by atoms with Gasteiger partial charge in [0.15, 0.2) is 0 Å². The number of amides is 3. The van der Waals surface area contributed by atoms with E-state index in [-0.39, 0.29) is 23.9 Å². The average Bonchev–Trinajstić information content (AvgIpc) is 3.16. The van der Waals surface area contributed by atoms with E-state index in [1.54, 1.807) is 30.3 Å². The number of rotatable bonds is 6. The van der Waals surface area contributed by atoms with Gasteiger partial charge in [-0.1, -0.05) is 42.4 Å². The maximum atomic E-state index is 12.5. The largest absolute Gasteiger partial charge is 0.338 e. The highest BCUT2D eigenvalue weighted by Gasteiger charge is 2.13. The summed E-state index contributed by atoms with van der Waals surface area (Å²) in [5.74, 6) is -0.109. The maximum absolute atomic E-state index is 12.5. The van der Waals surface area contributed by atoms with Crippen molar-refractivity contribution >= 4 is 23.5 Å². The van der Waals surface area contributed by atoms with Gasteiger partial charge in [-0.25, -0.2) is 4.79 Å². The van der Waals surface area contributed by atoms with Gasteiger partial charge in [0.1, 0.15) is 5.69 Å². The fraction of sp³-hybridized carbons (Fsp3) is 0.227. The van der Waals surface area contributed by atoms with E-state index in [9.17, 15) is 9.59 Å². The lowest BCUT2D eigenvalue weighted by Crippen LogP contribution is -2.34. The van der Waals surface area contributed by atoms with E-state index >= 15 is 0 Å². The highest BCUT2D eigenvalue weighted by molar-refractivity contribution is 6.04. The third-order valence-corrected chi connectivity index (χ3v) is 4.21. The summed E-state index contributed by atoms with van der Waals surface area (Å²) in [6.45, 7) is 5.83. The molecule has 1 aromatic heterocycles. The lowest BCUT2D eigenvalue weighted by atomic mass is 10.1. The first-order chi connectivity index (χ1) is 13.9. The highest BCUT2D eigenvalue weighted by Crippen LogP contribution is 2.23. The molecule has 0 aliphatic rings. The van der Waals surface area contributed by atoms with Gasteiger partial charge in [0.05, 0.1) is 0 Å². The second-order valence-corrected chi connectivity index (χ2v) is 6.91. The van der Waals surface area contributed by atoms with Gasteiger partial charge < -0.3 is 15.2 Å². The molecule has 0 aliphatic carbocycles. The minimum Gasteiger partial charge on any atom is -0.338 e. The van der Waals surface area contributed by atoms with Crippen LogP contribution in [0.4, 0.5) is 16.4 Å². The molecule has 0 bridgehead atoms. The molecule has 2 aromatic carbocycles. The van der Waals surface area contributed by atoms with Crippen LogP contribution >= 0.6 is 0 Å². The molecule has 0 saturated heterocycles. The Morgan fingerprint density at radius 2 is 1.79 bits per heavy atom. The van der Waals surface area contributed by atoms with Gasteiger partial charge in [-0.3, -0.25) is 10.1 Å². The quantitative estimate of drug-likeness (QED) is 0.567. The molecule has 0 fully saturated rings. The SMILES string of the molecule is CCc1ccc(-c2cc(NC(=O)c3cccc(NC(=O)NC(C)C)c3)on2)cc1. The van der Waals surface area contributed by atoms with Gasteiger partial charge in [-0.2, -0.15) is 0 Å². The predicted molar refractivity (Wildman–Crippen MR) is 113 cm³/mol. The van der Waals surface area contributed by atoms with Crippen molar-refractivity contribution in [2.24, 2.45) is 0 Å². The molecule has 0 aliphatic heterocycles. The van der Waals surface area contributed by atoms with Crippen molar-refractivity contribution < 1.29 is 14.1 Å². The number of nitrogens with zero attached hydrogens (tertiary/aromatic N) is 1. The summed E-state index contributed by atoms with van der Waals surface area (Å²) in [5.41, 5.74) is 3.70. The number of benzene rings is 2. The van der Waals surface area contributed by atoms with Crippen LogP contribution in [0.5, 0.6) is 0 Å². The molecule has 3 amide bonds. The van der Waals surface area contributed by atoms with Gasteiger partial charge in [-0.05, 0) is 44.0 Å². The summed E-state index contributed by atoms with van der Waals surface area (Å²) in [7, 11) is 0. The fourth-order valence-corrected chi connectivity index (χ4v) is 2.73. The summed E-state index contributed by atoms with van der Waals surface area (Å²) in [6, 6.07) is 16.0. The molecular weight excluding hydrogens is 368 g/mol. The fourth-order valence-electron chi connectivity index (χ4n) is 2.73. The first-order valence-electron chi connectivity index (χ1n) is 9.49. The van der Waals surface area contributed by atoms with Crippen LogP contribution in [-0.4, -0.2) is 23.1 Å². The topological polar surface area (TPSA) is 96.3 Å². The van der Waals surface area contributed by atoms with Crippen LogP contribution in [-0.2, 0) is 6.42 Å². The molecule has 0 spiro atoms. The Morgan fingerprint density at radius 1 is 1.03 bits per heavy atom. The smallest absolute Gasteiger partial charge is 0.319 e. The number of nitrogens with one attached hydrogen (secondary N) is 3. The van der Waals surface area contributed by atoms with E-state index in [0.29, 0.717) is 16.9 Å². The van der Waals surface area contributed by atoms with E-state index in [4.69, 9.17) is 4.52 Å². The molecule has 0 saturated carbocycles. The van der Waals surface area contributed by atoms with Crippen molar-refractivity contribution in [3.8, 4) is 11.3 Å². The maximum Gasteiger partial charge on any atom is 0.319 e. The minimum atomic E-state index is -0.359. The molecule has 3 aromatic rings. The first kappa shape index (κ1) is 20.1. The van der Waals surface area contributed by atoms with Gasteiger partial charge in [0, 0.05) is 28.9 Å². The normalized spacial score (nSPS) is 10.6. The van der Waals surface area contributed by atoms with Crippen LogP contribution in [0.15, 0.2) is 59.1 Å². The van der Waals surface area contributed by atoms with Crippen LogP contribution in [0.25, 0.3) is 11.3 Å². The average molecular weight is 392 g/mol. The van der Waals surface area contributed by atoms with Gasteiger partial charge >= 0.3 is 6.03 Å². The molecule has 1 heterocycles. The number of urea groups is 1. The number of aryl methyl sites for hydroxylation is 1. The molecule has 3 rings (SSSR count). The Morgan fingerprint density at radius 3 is 2.48 bits per heavy atom. The molecule has 0 atom stereocenters. The van der Waals surface area contributed by atoms with Crippen molar-refractivity contribution in [3.05, 3.63) is 65.7 Å². The molecule has 29 heavy (non-hydrogen) atoms. The number of anilines is 2. The molecular formula is C22H24N4O3. The van der Waals surface area contributed by atoms with Crippen molar-refractivity contribution in [2.45, 2.75) is 33.2 Å². The number of carbonyl (C=O) groups is 2. The Balaban J connectivity index is 1.66. The molecule has 150 valence electrons. The van der Waals surface area contributed by atoms with Crippen LogP contribution in [0, 0.1) is 0 Å². The predicted octanol–water partition coefficient (Wildman–Crippen LogP) is 4.69. The lowest BCUT2D eigenvalue weighted by Gasteiger charge is -2.10. The second-order valence-electron chi connectivity index (χ2n) is 6.91. The van der Waals surface area contributed by atoms with Crippen molar-refractivity contribution in [1.29, 1.82) is 0 Å². The number of hydrogen-bond donors (Lipinski definition) is 3. The molecule has 0 radical (unpaired) electrons. The molecule has 0 unspecified atom stereocenters. The Labute approximate surface area is 169 Å². The van der Waals surface area contributed by atoms with Crippen LogP contribution in [0.3, 0.4) is 0 Å². The summed E-state index contributed by atoms with van der Waals surface area (Å²) >= 11 is 0. The van der Waals surface area contributed by atoms with Gasteiger partial charge in [0.2, 0.25) is 5.88 Å². The summed E-state index contributed by atoms with van der Waals surface area (Å²) < 4.78 is 5.24. The summed E-state index contributed by atoms with van der Waals surface area (Å²) in [6.07, 6.45) is 0.966. The number of carbonyl (C=O) groups excluding carboxylic acids is 2. The Hall–Kier alpha value is -3.61. The zero-order valence-corrected chi connectivity index (χ0v) is 16.7. The van der Waals surface area contributed by atoms with E-state index in [2.05, 4.69) is 28.0 Å². The van der Waals surface area contributed by atoms with E-state index in [1.165, 1.54) is 5.56 Å². The molecule has 7 nitrogen and oxygen atoms in total. The van der Waals surface area contributed by atoms with Gasteiger partial charge in [0.25, 0.3) is 5.91 Å². The number of hydrogen-bond acceptors (Lipinski definition) is 4. The first-order valence-corrected chi connectivity index (χ1v) is 9.49. The third kappa shape index (κ3) is 5.44. The lowest BCUT2D eigenvalue weighted by molar-refractivity contribution is 0.102. The van der Waals surface area contributed by atoms with Crippen molar-refractivity contribution in [3.63, 3.8) is 0 Å². The van der Waals surface area contributed by atoms with E-state index in [0.717, 1.165) is 12.0 Å². The number of aromatic nitrogens is 1. The van der Waals surface area contributed by atoms with Crippen LogP contribution in [0.1, 0.15) is 36.7 Å². The monoisotopic (exact) mass is 392 g/mol. The highest BCUT2D eigenvalue weighted by atomic mass is 16.5. The van der Waals surface area contributed by atoms with E-state index < -0.39 is 0 Å². The Kier molecular flexibility index (Phi) is 6.29. The van der Waals surface area contributed by atoms with Crippen LogP contribution in [0.2, 0.25) is 0 Å². The van der Waals surface area contributed by atoms with Crippen molar-refractivity contribution in [1.82, 2.24) is 10.5 Å². The molecule has 7 heteroatoms. The van der Waals surface area contributed by atoms with Crippen LogP contribution < -0.4 is 16.0 Å².